The molecule has 0 saturated carbocycles. The number of aromatic nitrogens is 1. The van der Waals surface area contributed by atoms with Crippen molar-refractivity contribution in [2.45, 2.75) is 33.7 Å². The molecule has 1 heterocycles. The minimum absolute atomic E-state index is 0. The highest BCUT2D eigenvalue weighted by Gasteiger charge is 2.04. The number of hydrogen-bond donors (Lipinski definition) is 3. The van der Waals surface area contributed by atoms with Gasteiger partial charge in [-0.2, -0.15) is 0 Å². The summed E-state index contributed by atoms with van der Waals surface area (Å²) >= 11 is 1.74. The minimum Gasteiger partial charge on any atom is -0.366 e. The molecule has 0 fully saturated rings. The van der Waals surface area contributed by atoms with Gasteiger partial charge in [0.2, 0.25) is 5.91 Å². The van der Waals surface area contributed by atoms with Gasteiger partial charge in [-0.15, -0.1) is 35.3 Å². The summed E-state index contributed by atoms with van der Waals surface area (Å²) in [6.45, 7) is 8.27. The Bertz CT molecular complexity index is 723. The van der Waals surface area contributed by atoms with E-state index in [4.69, 9.17) is 5.73 Å². The maximum Gasteiger partial charge on any atom is 0.248 e. The number of nitrogens with two attached hydrogens (primary N) is 1. The van der Waals surface area contributed by atoms with Crippen LogP contribution in [-0.4, -0.2) is 29.9 Å². The van der Waals surface area contributed by atoms with Gasteiger partial charge in [0.15, 0.2) is 5.96 Å². The lowest BCUT2D eigenvalue weighted by atomic mass is 10.1. The lowest BCUT2D eigenvalue weighted by Gasteiger charge is -2.10. The van der Waals surface area contributed by atoms with Crippen molar-refractivity contribution in [1.82, 2.24) is 15.6 Å². The Morgan fingerprint density at radius 1 is 1.23 bits per heavy atom. The van der Waals surface area contributed by atoms with E-state index in [0.29, 0.717) is 12.1 Å². The number of nitrogens with zero attached hydrogens (tertiary/aromatic N) is 2. The van der Waals surface area contributed by atoms with Crippen LogP contribution < -0.4 is 16.4 Å². The van der Waals surface area contributed by atoms with Crippen molar-refractivity contribution in [2.75, 3.05) is 13.1 Å². The number of halogens is 1. The van der Waals surface area contributed by atoms with Gasteiger partial charge >= 0.3 is 0 Å². The Morgan fingerprint density at radius 2 is 1.92 bits per heavy atom. The standard InChI is InChI=1S/C18H25N5OS.HI/c1-4-20-18(21-10-9-16-23-12(2)13(3)25-16)22-11-14-5-7-15(8-6-14)17(19)24;/h5-8H,4,9-11H2,1-3H3,(H2,19,24)(H2,20,21,22);1H. The predicted molar refractivity (Wildman–Crippen MR) is 118 cm³/mol. The van der Waals surface area contributed by atoms with Crippen LogP contribution in [0, 0.1) is 13.8 Å². The van der Waals surface area contributed by atoms with Crippen molar-refractivity contribution in [3.63, 3.8) is 0 Å². The largest absolute Gasteiger partial charge is 0.366 e. The quantitative estimate of drug-likeness (QED) is 0.318. The molecule has 26 heavy (non-hydrogen) atoms. The van der Waals surface area contributed by atoms with E-state index in [1.165, 1.54) is 4.88 Å². The number of aliphatic imine (C=N–C) groups is 1. The van der Waals surface area contributed by atoms with Gasteiger partial charge in [0.05, 0.1) is 17.2 Å². The smallest absolute Gasteiger partial charge is 0.248 e. The van der Waals surface area contributed by atoms with E-state index in [-0.39, 0.29) is 24.0 Å². The van der Waals surface area contributed by atoms with Crippen LogP contribution in [0.15, 0.2) is 29.3 Å². The number of guanidine groups is 1. The SMILES string of the molecule is CCNC(=NCc1ccc(C(N)=O)cc1)NCCc1nc(C)c(C)s1.I. The maximum atomic E-state index is 11.1. The molecule has 1 aromatic heterocycles. The van der Waals surface area contributed by atoms with E-state index in [9.17, 15) is 4.79 Å². The maximum absolute atomic E-state index is 11.1. The number of carbonyl (C=O) groups is 1. The number of rotatable bonds is 7. The summed E-state index contributed by atoms with van der Waals surface area (Å²) in [6, 6.07) is 7.18. The Kier molecular flexibility index (Phi) is 9.57. The average Bonchev–Trinajstić information content (AvgIpc) is 2.91. The van der Waals surface area contributed by atoms with E-state index >= 15 is 0 Å². The van der Waals surface area contributed by atoms with Crippen LogP contribution in [0.3, 0.4) is 0 Å². The molecule has 0 unspecified atom stereocenters. The Morgan fingerprint density at radius 3 is 2.46 bits per heavy atom. The van der Waals surface area contributed by atoms with Crippen molar-refractivity contribution >= 4 is 47.2 Å². The van der Waals surface area contributed by atoms with Crippen LogP contribution >= 0.6 is 35.3 Å². The van der Waals surface area contributed by atoms with E-state index in [2.05, 4.69) is 27.5 Å². The zero-order chi connectivity index (χ0) is 18.2. The van der Waals surface area contributed by atoms with Gasteiger partial charge in [0.1, 0.15) is 0 Å². The summed E-state index contributed by atoms with van der Waals surface area (Å²) in [4.78, 5) is 21.5. The third kappa shape index (κ3) is 6.91. The van der Waals surface area contributed by atoms with E-state index in [1.54, 1.807) is 23.5 Å². The molecule has 0 atom stereocenters. The Hall–Kier alpha value is -1.68. The highest BCUT2D eigenvalue weighted by molar-refractivity contribution is 14.0. The molecule has 0 radical (unpaired) electrons. The summed E-state index contributed by atoms with van der Waals surface area (Å²) in [5.41, 5.74) is 7.89. The molecule has 4 N–H and O–H groups in total. The zero-order valence-corrected chi connectivity index (χ0v) is 18.5. The van der Waals surface area contributed by atoms with Gasteiger partial charge in [-0.1, -0.05) is 12.1 Å². The number of primary amides is 1. The molecular weight excluding hydrogens is 461 g/mol. The normalized spacial score (nSPS) is 11.0. The summed E-state index contributed by atoms with van der Waals surface area (Å²) < 4.78 is 0. The molecular formula is C18H26IN5OS. The first kappa shape index (κ1) is 22.4. The van der Waals surface area contributed by atoms with Gasteiger partial charge in [0.25, 0.3) is 0 Å². The summed E-state index contributed by atoms with van der Waals surface area (Å²) in [5, 5.41) is 7.70. The van der Waals surface area contributed by atoms with E-state index in [0.717, 1.165) is 41.7 Å². The number of nitrogens with one attached hydrogen (secondary N) is 2. The summed E-state index contributed by atoms with van der Waals surface area (Å²) in [5.74, 6) is 0.351. The van der Waals surface area contributed by atoms with E-state index in [1.807, 2.05) is 26.0 Å². The monoisotopic (exact) mass is 487 g/mol. The van der Waals surface area contributed by atoms with Crippen LogP contribution in [0.1, 0.15) is 38.4 Å². The fraction of sp³-hybridized carbons (Fsp3) is 0.389. The minimum atomic E-state index is -0.419. The average molecular weight is 487 g/mol. The topological polar surface area (TPSA) is 92.4 Å². The fourth-order valence-corrected chi connectivity index (χ4v) is 3.15. The number of hydrogen-bond acceptors (Lipinski definition) is 4. The number of benzene rings is 1. The van der Waals surface area contributed by atoms with Crippen LogP contribution in [-0.2, 0) is 13.0 Å². The van der Waals surface area contributed by atoms with Gasteiger partial charge in [-0.25, -0.2) is 9.98 Å². The van der Waals surface area contributed by atoms with Crippen molar-refractivity contribution in [2.24, 2.45) is 10.7 Å². The molecule has 0 bridgehead atoms. The second kappa shape index (κ2) is 11.1. The third-order valence-electron chi connectivity index (χ3n) is 3.71. The Balaban J connectivity index is 0.00000338. The lowest BCUT2D eigenvalue weighted by molar-refractivity contribution is 0.100. The molecule has 1 aromatic carbocycles. The van der Waals surface area contributed by atoms with Crippen LogP contribution in [0.25, 0.3) is 0 Å². The molecule has 0 spiro atoms. The van der Waals surface area contributed by atoms with Gasteiger partial charge in [-0.3, -0.25) is 4.79 Å². The number of amides is 1. The molecule has 0 aliphatic heterocycles. The van der Waals surface area contributed by atoms with Crippen molar-refractivity contribution < 1.29 is 4.79 Å². The second-order valence-electron chi connectivity index (χ2n) is 5.68. The molecule has 2 aromatic rings. The predicted octanol–water partition coefficient (Wildman–Crippen LogP) is 2.77. The molecule has 142 valence electrons. The number of thiazole rings is 1. The Labute approximate surface area is 175 Å². The lowest BCUT2D eigenvalue weighted by Crippen LogP contribution is -2.38. The summed E-state index contributed by atoms with van der Waals surface area (Å²) in [7, 11) is 0. The molecule has 0 saturated heterocycles. The molecule has 0 aliphatic rings. The van der Waals surface area contributed by atoms with Crippen molar-refractivity contribution in [3.8, 4) is 0 Å². The van der Waals surface area contributed by atoms with Crippen LogP contribution in [0.4, 0.5) is 0 Å². The third-order valence-corrected chi connectivity index (χ3v) is 4.84. The summed E-state index contributed by atoms with van der Waals surface area (Å²) in [6.07, 6.45) is 0.872. The molecule has 6 nitrogen and oxygen atoms in total. The molecule has 0 aliphatic carbocycles. The first-order valence-electron chi connectivity index (χ1n) is 8.33. The van der Waals surface area contributed by atoms with Gasteiger partial charge in [0, 0.05) is 30.0 Å². The number of carbonyl (C=O) groups excluding carboxylic acids is 1. The molecule has 1 amide bonds. The molecule has 8 heteroatoms. The zero-order valence-electron chi connectivity index (χ0n) is 15.3. The second-order valence-corrected chi connectivity index (χ2v) is 6.97. The first-order valence-corrected chi connectivity index (χ1v) is 9.15. The van der Waals surface area contributed by atoms with Crippen molar-refractivity contribution in [1.29, 1.82) is 0 Å². The van der Waals surface area contributed by atoms with Crippen LogP contribution in [0.5, 0.6) is 0 Å². The van der Waals surface area contributed by atoms with E-state index < -0.39 is 5.91 Å². The highest BCUT2D eigenvalue weighted by atomic mass is 127. The molecule has 2 rings (SSSR count). The number of aryl methyl sites for hydroxylation is 2. The van der Waals surface area contributed by atoms with Crippen LogP contribution in [0.2, 0.25) is 0 Å². The van der Waals surface area contributed by atoms with Crippen molar-refractivity contribution in [3.05, 3.63) is 51.0 Å². The first-order chi connectivity index (χ1) is 12.0. The van der Waals surface area contributed by atoms with Gasteiger partial charge < -0.3 is 16.4 Å². The van der Waals surface area contributed by atoms with Gasteiger partial charge in [-0.05, 0) is 38.5 Å². The highest BCUT2D eigenvalue weighted by Crippen LogP contribution is 2.16. The fourth-order valence-electron chi connectivity index (χ4n) is 2.22.